The average molecular weight is 238 g/mol. The molecule has 0 saturated heterocycles. The van der Waals surface area contributed by atoms with Crippen molar-refractivity contribution in [3.63, 3.8) is 0 Å². The molecule has 0 radical (unpaired) electrons. The Labute approximate surface area is 87.3 Å². The van der Waals surface area contributed by atoms with Gasteiger partial charge in [-0.05, 0) is 17.7 Å². The summed E-state index contributed by atoms with van der Waals surface area (Å²) >= 11 is 0. The fourth-order valence-electron chi connectivity index (χ4n) is 1.03. The Bertz CT molecular complexity index is 371. The number of aliphatic carboxylic acids is 1. The molecule has 1 aromatic rings. The number of ether oxygens (including phenoxy) is 1. The molecule has 0 spiro atoms. The maximum atomic E-state index is 12.5. The number of halogens is 4. The van der Waals surface area contributed by atoms with Crippen LogP contribution in [0.15, 0.2) is 24.3 Å². The molecular weight excluding hydrogens is 232 g/mol. The summed E-state index contributed by atoms with van der Waals surface area (Å²) in [7, 11) is 0. The van der Waals surface area contributed by atoms with E-state index in [0.29, 0.717) is 0 Å². The molecule has 0 fully saturated rings. The molecule has 0 bridgehead atoms. The summed E-state index contributed by atoms with van der Waals surface area (Å²) in [6.45, 7) is 0. The molecular formula is C9H6F4O3. The van der Waals surface area contributed by atoms with Crippen molar-refractivity contribution in [1.82, 2.24) is 0 Å². The van der Waals surface area contributed by atoms with Gasteiger partial charge in [0, 0.05) is 0 Å². The molecule has 0 amide bonds. The van der Waals surface area contributed by atoms with E-state index in [-0.39, 0.29) is 5.56 Å². The van der Waals surface area contributed by atoms with Crippen LogP contribution in [0.1, 0.15) is 11.7 Å². The van der Waals surface area contributed by atoms with Gasteiger partial charge >= 0.3 is 12.3 Å². The molecule has 3 nitrogen and oxygen atoms in total. The van der Waals surface area contributed by atoms with Crippen molar-refractivity contribution in [3.05, 3.63) is 35.6 Å². The zero-order chi connectivity index (χ0) is 12.3. The fourth-order valence-corrected chi connectivity index (χ4v) is 1.03. The lowest BCUT2D eigenvalue weighted by atomic mass is 10.1. The molecule has 1 rings (SSSR count). The Morgan fingerprint density at radius 3 is 2.12 bits per heavy atom. The van der Waals surface area contributed by atoms with Crippen LogP contribution in [0.2, 0.25) is 0 Å². The number of hydrogen-bond acceptors (Lipinski definition) is 2. The Balaban J connectivity index is 2.94. The normalized spacial score (nSPS) is 13.5. The van der Waals surface area contributed by atoms with Gasteiger partial charge in [-0.15, -0.1) is 13.2 Å². The van der Waals surface area contributed by atoms with Crippen LogP contribution >= 0.6 is 0 Å². The van der Waals surface area contributed by atoms with E-state index in [1.165, 1.54) is 0 Å². The highest BCUT2D eigenvalue weighted by Gasteiger charge is 2.37. The minimum absolute atomic E-state index is 0.286. The molecule has 1 N–H and O–H groups in total. The van der Waals surface area contributed by atoms with Gasteiger partial charge in [0.25, 0.3) is 0 Å². The minimum Gasteiger partial charge on any atom is -0.479 e. The van der Waals surface area contributed by atoms with Crippen molar-refractivity contribution >= 4 is 5.97 Å². The van der Waals surface area contributed by atoms with Gasteiger partial charge in [0.05, 0.1) is 0 Å². The molecule has 1 atom stereocenters. The summed E-state index contributed by atoms with van der Waals surface area (Å²) < 4.78 is 51.5. The van der Waals surface area contributed by atoms with Crippen molar-refractivity contribution in [2.45, 2.75) is 12.5 Å². The van der Waals surface area contributed by atoms with Crippen LogP contribution in [0.25, 0.3) is 0 Å². The zero-order valence-corrected chi connectivity index (χ0v) is 7.66. The van der Waals surface area contributed by atoms with Crippen LogP contribution in [0.5, 0.6) is 0 Å². The average Bonchev–Trinajstić information content (AvgIpc) is 2.14. The third-order valence-electron chi connectivity index (χ3n) is 1.65. The van der Waals surface area contributed by atoms with E-state index in [1.54, 1.807) is 0 Å². The smallest absolute Gasteiger partial charge is 0.479 e. The number of rotatable bonds is 3. The van der Waals surface area contributed by atoms with Crippen LogP contribution in [0.4, 0.5) is 17.6 Å². The zero-order valence-electron chi connectivity index (χ0n) is 7.66. The molecule has 88 valence electrons. The van der Waals surface area contributed by atoms with E-state index in [9.17, 15) is 22.4 Å². The largest absolute Gasteiger partial charge is 0.523 e. The van der Waals surface area contributed by atoms with Crippen molar-refractivity contribution < 1.29 is 32.2 Å². The first-order valence-corrected chi connectivity index (χ1v) is 4.02. The van der Waals surface area contributed by atoms with E-state index >= 15 is 0 Å². The van der Waals surface area contributed by atoms with Crippen molar-refractivity contribution in [3.8, 4) is 0 Å². The van der Waals surface area contributed by atoms with Gasteiger partial charge in [-0.2, -0.15) is 0 Å². The second-order valence-electron chi connectivity index (χ2n) is 2.83. The van der Waals surface area contributed by atoms with Crippen molar-refractivity contribution in [2.75, 3.05) is 0 Å². The highest BCUT2D eigenvalue weighted by Crippen LogP contribution is 2.28. The number of hydrogen-bond donors (Lipinski definition) is 1. The highest BCUT2D eigenvalue weighted by molar-refractivity contribution is 5.74. The summed E-state index contributed by atoms with van der Waals surface area (Å²) in [5.41, 5.74) is -0.286. The van der Waals surface area contributed by atoms with E-state index in [0.717, 1.165) is 24.3 Å². The molecule has 7 heteroatoms. The number of carboxylic acids is 1. The van der Waals surface area contributed by atoms with Crippen LogP contribution in [0, 0.1) is 5.82 Å². The van der Waals surface area contributed by atoms with Crippen LogP contribution in [-0.4, -0.2) is 17.4 Å². The molecule has 1 aromatic carbocycles. The maximum Gasteiger partial charge on any atom is 0.523 e. The Morgan fingerprint density at radius 2 is 1.75 bits per heavy atom. The number of carboxylic acid groups (broad SMARTS) is 1. The van der Waals surface area contributed by atoms with Crippen molar-refractivity contribution in [2.24, 2.45) is 0 Å². The lowest BCUT2D eigenvalue weighted by Gasteiger charge is -2.15. The lowest BCUT2D eigenvalue weighted by Crippen LogP contribution is -2.24. The summed E-state index contributed by atoms with van der Waals surface area (Å²) in [6, 6.07) is 3.54. The quantitative estimate of drug-likeness (QED) is 0.823. The van der Waals surface area contributed by atoms with Crippen LogP contribution < -0.4 is 0 Å². The van der Waals surface area contributed by atoms with Gasteiger partial charge in [-0.1, -0.05) is 12.1 Å². The Kier molecular flexibility index (Phi) is 3.48. The first kappa shape index (κ1) is 12.4. The molecule has 0 saturated carbocycles. The molecule has 0 aromatic heterocycles. The van der Waals surface area contributed by atoms with Crippen LogP contribution in [-0.2, 0) is 9.53 Å². The Morgan fingerprint density at radius 1 is 1.25 bits per heavy atom. The summed E-state index contributed by atoms with van der Waals surface area (Å²) in [6.07, 6.45) is -7.27. The van der Waals surface area contributed by atoms with E-state index in [2.05, 4.69) is 4.74 Å². The molecule has 16 heavy (non-hydrogen) atoms. The topological polar surface area (TPSA) is 46.5 Å². The van der Waals surface area contributed by atoms with E-state index < -0.39 is 24.3 Å². The summed E-state index contributed by atoms with van der Waals surface area (Å²) in [5, 5.41) is 8.54. The first-order chi connectivity index (χ1) is 7.29. The first-order valence-electron chi connectivity index (χ1n) is 4.02. The lowest BCUT2D eigenvalue weighted by molar-refractivity contribution is -0.341. The summed E-state index contributed by atoms with van der Waals surface area (Å²) in [5.74, 6) is -2.48. The van der Waals surface area contributed by atoms with Gasteiger partial charge in [0.1, 0.15) is 5.82 Å². The third-order valence-corrected chi connectivity index (χ3v) is 1.65. The van der Waals surface area contributed by atoms with Crippen LogP contribution in [0.3, 0.4) is 0 Å². The van der Waals surface area contributed by atoms with Gasteiger partial charge < -0.3 is 5.11 Å². The molecule has 0 aliphatic rings. The predicted molar refractivity (Wildman–Crippen MR) is 43.9 cm³/mol. The maximum absolute atomic E-state index is 12.5. The van der Waals surface area contributed by atoms with Gasteiger partial charge in [-0.25, -0.2) is 9.18 Å². The fraction of sp³-hybridized carbons (Fsp3) is 0.222. The second kappa shape index (κ2) is 4.48. The standard InChI is InChI=1S/C9H6F4O3/c10-6-3-1-5(2-4-6)7(8(14)15)16-9(11,12)13/h1-4,7H,(H,14,15). The van der Waals surface area contributed by atoms with E-state index in [1.807, 2.05) is 0 Å². The predicted octanol–water partition coefficient (Wildman–Crippen LogP) is 2.49. The van der Waals surface area contributed by atoms with Gasteiger partial charge in [-0.3, -0.25) is 4.74 Å². The third kappa shape index (κ3) is 3.50. The molecule has 1 unspecified atom stereocenters. The summed E-state index contributed by atoms with van der Waals surface area (Å²) in [4.78, 5) is 10.5. The molecule has 0 heterocycles. The highest BCUT2D eigenvalue weighted by atomic mass is 19.4. The van der Waals surface area contributed by atoms with E-state index in [4.69, 9.17) is 5.11 Å². The van der Waals surface area contributed by atoms with Crippen molar-refractivity contribution in [1.29, 1.82) is 0 Å². The number of benzene rings is 1. The monoisotopic (exact) mass is 238 g/mol. The second-order valence-corrected chi connectivity index (χ2v) is 2.83. The number of alkyl halides is 3. The SMILES string of the molecule is O=C(O)C(OC(F)(F)F)c1ccc(F)cc1. The van der Waals surface area contributed by atoms with Gasteiger partial charge in [0.15, 0.2) is 6.10 Å². The minimum atomic E-state index is -5.07. The van der Waals surface area contributed by atoms with Gasteiger partial charge in [0.2, 0.25) is 0 Å². The number of carbonyl (C=O) groups is 1. The molecule has 0 aliphatic heterocycles. The Hall–Kier alpha value is -1.63. The molecule has 0 aliphatic carbocycles.